The van der Waals surface area contributed by atoms with Crippen LogP contribution >= 0.6 is 0 Å². The van der Waals surface area contributed by atoms with Gasteiger partial charge in [-0.1, -0.05) is 152 Å². The van der Waals surface area contributed by atoms with E-state index in [0.29, 0.717) is 0 Å². The quantitative estimate of drug-likeness (QED) is 0.176. The zero-order valence-electron chi connectivity index (χ0n) is 28.4. The number of anilines is 3. The van der Waals surface area contributed by atoms with Crippen molar-refractivity contribution in [1.82, 2.24) is 0 Å². The van der Waals surface area contributed by atoms with Crippen molar-refractivity contribution in [1.29, 1.82) is 0 Å². The summed E-state index contributed by atoms with van der Waals surface area (Å²) in [5.74, 6) is 0. The molecule has 0 radical (unpaired) electrons. The van der Waals surface area contributed by atoms with Gasteiger partial charge in [-0.3, -0.25) is 0 Å². The predicted octanol–water partition coefficient (Wildman–Crippen LogP) is 14.4. The molecule has 9 aromatic carbocycles. The predicted molar refractivity (Wildman–Crippen MR) is 220 cm³/mol. The highest BCUT2D eigenvalue weighted by molar-refractivity contribution is 6.22. The lowest BCUT2D eigenvalue weighted by Crippen LogP contribution is -2.09. The van der Waals surface area contributed by atoms with Gasteiger partial charge in [0.2, 0.25) is 0 Å². The molecule has 1 aromatic heterocycles. The third kappa shape index (κ3) is 5.12. The van der Waals surface area contributed by atoms with Gasteiger partial charge in [-0.15, -0.1) is 0 Å². The van der Waals surface area contributed by atoms with E-state index in [1.165, 1.54) is 54.7 Å². The fraction of sp³-hybridized carbons (Fsp3) is 0. The number of furan rings is 1. The van der Waals surface area contributed by atoms with Crippen molar-refractivity contribution in [3.05, 3.63) is 200 Å². The molecule has 0 saturated carbocycles. The van der Waals surface area contributed by atoms with Gasteiger partial charge in [0.05, 0.1) is 0 Å². The molecule has 10 aromatic rings. The van der Waals surface area contributed by atoms with Crippen LogP contribution in [-0.2, 0) is 0 Å². The van der Waals surface area contributed by atoms with Crippen LogP contribution in [0.2, 0.25) is 0 Å². The van der Waals surface area contributed by atoms with E-state index in [4.69, 9.17) is 4.42 Å². The van der Waals surface area contributed by atoms with E-state index in [2.05, 4.69) is 193 Å². The smallest absolute Gasteiger partial charge is 0.136 e. The Morgan fingerprint density at radius 1 is 0.288 bits per heavy atom. The minimum absolute atomic E-state index is 0.912. The Kier molecular flexibility index (Phi) is 7.18. The Hall–Kier alpha value is -6.90. The maximum Gasteiger partial charge on any atom is 0.136 e. The fourth-order valence-electron chi connectivity index (χ4n) is 7.77. The third-order valence-corrected chi connectivity index (χ3v) is 10.3. The summed E-state index contributed by atoms with van der Waals surface area (Å²) < 4.78 is 6.29. The van der Waals surface area contributed by atoms with Gasteiger partial charge in [0.1, 0.15) is 11.2 Å². The first-order valence-electron chi connectivity index (χ1n) is 17.8. The molecule has 10 rings (SSSR count). The van der Waals surface area contributed by atoms with E-state index in [1.54, 1.807) is 0 Å². The lowest BCUT2D eigenvalue weighted by Gasteiger charge is -2.26. The summed E-state index contributed by atoms with van der Waals surface area (Å²) in [6.45, 7) is 0. The largest absolute Gasteiger partial charge is 0.456 e. The summed E-state index contributed by atoms with van der Waals surface area (Å²) in [6, 6.07) is 71.7. The normalized spacial score (nSPS) is 11.5. The maximum absolute atomic E-state index is 6.29. The molecule has 2 heteroatoms. The van der Waals surface area contributed by atoms with Crippen LogP contribution in [0.15, 0.2) is 205 Å². The molecule has 244 valence electrons. The topological polar surface area (TPSA) is 16.4 Å². The Bertz CT molecular complexity index is 2860. The highest BCUT2D eigenvalue weighted by atomic mass is 16.3. The van der Waals surface area contributed by atoms with Crippen LogP contribution in [0.1, 0.15) is 0 Å². The minimum atomic E-state index is 0.912. The second kappa shape index (κ2) is 12.5. The van der Waals surface area contributed by atoms with Crippen LogP contribution < -0.4 is 4.90 Å². The summed E-state index contributed by atoms with van der Waals surface area (Å²) in [5.41, 5.74) is 12.3. The average molecular weight is 664 g/mol. The van der Waals surface area contributed by atoms with E-state index in [1.807, 2.05) is 12.1 Å². The summed E-state index contributed by atoms with van der Waals surface area (Å²) in [6.07, 6.45) is 0. The molecular formula is C50H33NO. The first kappa shape index (κ1) is 30.0. The third-order valence-electron chi connectivity index (χ3n) is 10.3. The van der Waals surface area contributed by atoms with Gasteiger partial charge in [-0.05, 0) is 98.1 Å². The van der Waals surface area contributed by atoms with E-state index in [0.717, 1.165) is 39.2 Å². The van der Waals surface area contributed by atoms with Gasteiger partial charge in [0.25, 0.3) is 0 Å². The molecule has 2 nitrogen and oxygen atoms in total. The average Bonchev–Trinajstić information content (AvgIpc) is 3.61. The van der Waals surface area contributed by atoms with Gasteiger partial charge in [-0.25, -0.2) is 0 Å². The Labute approximate surface area is 302 Å². The number of nitrogens with zero attached hydrogens (tertiary/aromatic N) is 1. The molecule has 0 amide bonds. The fourth-order valence-corrected chi connectivity index (χ4v) is 7.77. The number of para-hydroxylation sites is 1. The molecule has 1 heterocycles. The molecule has 0 aliphatic carbocycles. The molecule has 0 unspecified atom stereocenters. The monoisotopic (exact) mass is 663 g/mol. The Morgan fingerprint density at radius 3 is 1.52 bits per heavy atom. The first-order valence-corrected chi connectivity index (χ1v) is 17.8. The van der Waals surface area contributed by atoms with Crippen LogP contribution in [0.5, 0.6) is 0 Å². The summed E-state index contributed by atoms with van der Waals surface area (Å²) in [4.78, 5) is 2.34. The van der Waals surface area contributed by atoms with Gasteiger partial charge < -0.3 is 9.32 Å². The Balaban J connectivity index is 1.08. The van der Waals surface area contributed by atoms with Crippen LogP contribution in [-0.4, -0.2) is 0 Å². The van der Waals surface area contributed by atoms with E-state index in [-0.39, 0.29) is 0 Å². The zero-order chi connectivity index (χ0) is 34.4. The van der Waals surface area contributed by atoms with Crippen LogP contribution in [0.3, 0.4) is 0 Å². The molecule has 0 atom stereocenters. The second-order valence-electron chi connectivity index (χ2n) is 13.3. The van der Waals surface area contributed by atoms with Gasteiger partial charge in [0.15, 0.2) is 0 Å². The summed E-state index contributed by atoms with van der Waals surface area (Å²) in [7, 11) is 0. The molecular weight excluding hydrogens is 631 g/mol. The van der Waals surface area contributed by atoms with Crippen molar-refractivity contribution in [2.75, 3.05) is 4.90 Å². The lowest BCUT2D eigenvalue weighted by molar-refractivity contribution is 0.669. The van der Waals surface area contributed by atoms with Crippen LogP contribution in [0.25, 0.3) is 76.9 Å². The number of fused-ring (bicyclic) bond motifs is 6. The molecule has 0 saturated heterocycles. The molecule has 0 aliphatic heterocycles. The molecule has 0 fully saturated rings. The molecule has 0 aliphatic rings. The second-order valence-corrected chi connectivity index (χ2v) is 13.3. The van der Waals surface area contributed by atoms with Crippen molar-refractivity contribution in [3.63, 3.8) is 0 Å². The highest BCUT2D eigenvalue weighted by Crippen LogP contribution is 2.42. The molecule has 0 bridgehead atoms. The highest BCUT2D eigenvalue weighted by Gasteiger charge is 2.17. The Morgan fingerprint density at radius 2 is 0.808 bits per heavy atom. The van der Waals surface area contributed by atoms with Crippen molar-refractivity contribution in [2.24, 2.45) is 0 Å². The van der Waals surface area contributed by atoms with E-state index >= 15 is 0 Å². The van der Waals surface area contributed by atoms with E-state index in [9.17, 15) is 0 Å². The zero-order valence-corrected chi connectivity index (χ0v) is 28.4. The number of rotatable bonds is 6. The first-order chi connectivity index (χ1) is 25.8. The van der Waals surface area contributed by atoms with Crippen LogP contribution in [0.4, 0.5) is 17.1 Å². The van der Waals surface area contributed by atoms with Crippen molar-refractivity contribution >= 4 is 60.5 Å². The minimum Gasteiger partial charge on any atom is -0.456 e. The standard InChI is InChI=1S/C50H33NO/c1-2-10-34(11-3-1)35-20-27-40(28-21-35)51(41-29-22-37(23-30-41)44-17-8-13-36-12-4-5-15-43(36)44)42-31-24-38(25-32-42)45-18-9-14-39-26-33-48-50(49(39)45)46-16-6-7-19-47(46)52-48/h1-33H. The lowest BCUT2D eigenvalue weighted by atomic mass is 9.94. The van der Waals surface area contributed by atoms with Gasteiger partial charge in [0, 0.05) is 33.2 Å². The summed E-state index contributed by atoms with van der Waals surface area (Å²) in [5, 5.41) is 7.23. The van der Waals surface area contributed by atoms with Gasteiger partial charge in [-0.2, -0.15) is 0 Å². The molecule has 52 heavy (non-hydrogen) atoms. The maximum atomic E-state index is 6.29. The van der Waals surface area contributed by atoms with Crippen molar-refractivity contribution in [3.8, 4) is 33.4 Å². The number of benzene rings is 9. The molecule has 0 spiro atoms. The van der Waals surface area contributed by atoms with Crippen LogP contribution in [0, 0.1) is 0 Å². The van der Waals surface area contributed by atoms with Crippen molar-refractivity contribution < 1.29 is 4.42 Å². The van der Waals surface area contributed by atoms with Gasteiger partial charge >= 0.3 is 0 Å². The van der Waals surface area contributed by atoms with E-state index < -0.39 is 0 Å². The number of hydrogen-bond acceptors (Lipinski definition) is 2. The SMILES string of the molecule is c1ccc(-c2ccc(N(c3ccc(-c4cccc5ccccc45)cc3)c3ccc(-c4cccc5ccc6oc7ccccc7c6c45)cc3)cc2)cc1. The number of hydrogen-bond donors (Lipinski definition) is 0. The summed E-state index contributed by atoms with van der Waals surface area (Å²) >= 11 is 0. The molecule has 0 N–H and O–H groups in total. The van der Waals surface area contributed by atoms with Crippen molar-refractivity contribution in [2.45, 2.75) is 0 Å².